The first-order chi connectivity index (χ1) is 6.75. The number of hydrogen-bond donors (Lipinski definition) is 0. The minimum Gasteiger partial charge on any atom is -0.331 e. The monoisotopic (exact) mass is 195 g/mol. The highest BCUT2D eigenvalue weighted by atomic mass is 16.5. The zero-order valence-electron chi connectivity index (χ0n) is 8.19. The zero-order valence-corrected chi connectivity index (χ0v) is 8.19. The smallest absolute Gasteiger partial charge is 0.293 e. The van der Waals surface area contributed by atoms with Crippen LogP contribution in [-0.4, -0.2) is 33.9 Å². The van der Waals surface area contributed by atoms with Crippen LogP contribution in [0.15, 0.2) is 4.52 Å². The summed E-state index contributed by atoms with van der Waals surface area (Å²) in [7, 11) is 0. The third kappa shape index (κ3) is 1.98. The molecule has 0 aromatic carbocycles. The molecule has 0 radical (unpaired) electrons. The van der Waals surface area contributed by atoms with Gasteiger partial charge in [-0.25, -0.2) is 0 Å². The van der Waals surface area contributed by atoms with Crippen LogP contribution in [0, 0.1) is 0 Å². The Bertz CT molecular complexity index is 329. The highest BCUT2D eigenvalue weighted by Crippen LogP contribution is 2.10. The molecule has 0 saturated carbocycles. The molecule has 0 unspecified atom stereocenters. The van der Waals surface area contributed by atoms with E-state index in [1.54, 1.807) is 0 Å². The molecule has 1 fully saturated rings. The van der Waals surface area contributed by atoms with E-state index in [9.17, 15) is 4.79 Å². The molecule has 1 aliphatic rings. The van der Waals surface area contributed by atoms with Crippen molar-refractivity contribution in [1.82, 2.24) is 15.0 Å². The number of Topliss-reactive ketones (excluding diaryl/α,β-unsaturated/α-hetero) is 1. The zero-order chi connectivity index (χ0) is 9.97. The van der Waals surface area contributed by atoms with Crippen LogP contribution in [0.2, 0.25) is 0 Å². The van der Waals surface area contributed by atoms with Crippen LogP contribution in [0.4, 0.5) is 0 Å². The fraction of sp³-hybridized carbons (Fsp3) is 0.667. The van der Waals surface area contributed by atoms with E-state index >= 15 is 0 Å². The third-order valence-electron chi connectivity index (χ3n) is 2.33. The molecule has 1 aliphatic heterocycles. The maximum atomic E-state index is 10.9. The van der Waals surface area contributed by atoms with Gasteiger partial charge in [0.25, 0.3) is 5.89 Å². The van der Waals surface area contributed by atoms with Crippen LogP contribution in [0.25, 0.3) is 0 Å². The number of nitrogens with zero attached hydrogens (tertiary/aromatic N) is 3. The van der Waals surface area contributed by atoms with E-state index in [1.807, 2.05) is 0 Å². The lowest BCUT2D eigenvalue weighted by Crippen LogP contribution is -2.19. The van der Waals surface area contributed by atoms with Crippen molar-refractivity contribution in [3.63, 3.8) is 0 Å². The Balaban J connectivity index is 1.98. The molecule has 1 aromatic rings. The van der Waals surface area contributed by atoms with E-state index in [1.165, 1.54) is 19.8 Å². The first kappa shape index (κ1) is 9.33. The molecule has 2 heterocycles. The van der Waals surface area contributed by atoms with Gasteiger partial charge < -0.3 is 4.52 Å². The van der Waals surface area contributed by atoms with Gasteiger partial charge >= 0.3 is 0 Å². The third-order valence-corrected chi connectivity index (χ3v) is 2.33. The van der Waals surface area contributed by atoms with Crippen molar-refractivity contribution in [3.05, 3.63) is 11.7 Å². The van der Waals surface area contributed by atoms with Crippen LogP contribution in [0.1, 0.15) is 36.3 Å². The van der Waals surface area contributed by atoms with Gasteiger partial charge in [-0.3, -0.25) is 9.69 Å². The molecule has 0 atom stereocenters. The minimum absolute atomic E-state index is 0.110. The number of hydrogen-bond acceptors (Lipinski definition) is 5. The Morgan fingerprint density at radius 2 is 2.21 bits per heavy atom. The van der Waals surface area contributed by atoms with Gasteiger partial charge in [-0.2, -0.15) is 4.98 Å². The van der Waals surface area contributed by atoms with Gasteiger partial charge in [0.05, 0.1) is 6.54 Å². The molecule has 5 nitrogen and oxygen atoms in total. The average molecular weight is 195 g/mol. The van der Waals surface area contributed by atoms with Crippen molar-refractivity contribution in [2.24, 2.45) is 0 Å². The quantitative estimate of drug-likeness (QED) is 0.670. The summed E-state index contributed by atoms with van der Waals surface area (Å²) in [6.45, 7) is 4.29. The Morgan fingerprint density at radius 1 is 1.50 bits per heavy atom. The highest BCUT2D eigenvalue weighted by Gasteiger charge is 2.16. The van der Waals surface area contributed by atoms with Crippen molar-refractivity contribution in [2.45, 2.75) is 26.3 Å². The van der Waals surface area contributed by atoms with Gasteiger partial charge in [-0.15, -0.1) is 0 Å². The number of aromatic nitrogens is 2. The lowest BCUT2D eigenvalue weighted by molar-refractivity contribution is 0.0972. The molecule has 0 aliphatic carbocycles. The Hall–Kier alpha value is -1.23. The predicted molar refractivity (Wildman–Crippen MR) is 48.8 cm³/mol. The Kier molecular flexibility index (Phi) is 2.58. The summed E-state index contributed by atoms with van der Waals surface area (Å²) in [5.41, 5.74) is 0. The van der Waals surface area contributed by atoms with E-state index in [2.05, 4.69) is 15.0 Å². The van der Waals surface area contributed by atoms with Gasteiger partial charge in [-0.1, -0.05) is 5.16 Å². The average Bonchev–Trinajstić information content (AvgIpc) is 2.75. The number of carbonyl (C=O) groups is 1. The summed E-state index contributed by atoms with van der Waals surface area (Å²) < 4.78 is 4.80. The normalized spacial score (nSPS) is 17.5. The number of carbonyl (C=O) groups excluding carboxylic acids is 1. The molecule has 2 rings (SSSR count). The van der Waals surface area contributed by atoms with Crippen molar-refractivity contribution in [2.75, 3.05) is 13.1 Å². The van der Waals surface area contributed by atoms with Crippen molar-refractivity contribution >= 4 is 5.78 Å². The summed E-state index contributed by atoms with van der Waals surface area (Å²) in [6, 6.07) is 0. The summed E-state index contributed by atoms with van der Waals surface area (Å²) in [4.78, 5) is 17.1. The molecule has 0 spiro atoms. The van der Waals surface area contributed by atoms with Crippen molar-refractivity contribution in [1.29, 1.82) is 0 Å². The minimum atomic E-state index is -0.176. The molecule has 0 amide bonds. The van der Waals surface area contributed by atoms with Crippen LogP contribution in [0.5, 0.6) is 0 Å². The Morgan fingerprint density at radius 3 is 2.79 bits per heavy atom. The molecular formula is C9H13N3O2. The van der Waals surface area contributed by atoms with Crippen LogP contribution in [0.3, 0.4) is 0 Å². The summed E-state index contributed by atoms with van der Waals surface area (Å²) >= 11 is 0. The summed E-state index contributed by atoms with van der Waals surface area (Å²) in [5.74, 6) is 0.543. The van der Waals surface area contributed by atoms with E-state index in [-0.39, 0.29) is 11.7 Å². The standard InChI is InChI=1S/C9H13N3O2/c1-7(13)9-10-8(11-14-9)6-12-4-2-3-5-12/h2-6H2,1H3. The van der Waals surface area contributed by atoms with E-state index < -0.39 is 0 Å². The first-order valence-electron chi connectivity index (χ1n) is 4.81. The molecule has 0 N–H and O–H groups in total. The number of ketones is 1. The fourth-order valence-electron chi connectivity index (χ4n) is 1.60. The first-order valence-corrected chi connectivity index (χ1v) is 4.81. The summed E-state index contributed by atoms with van der Waals surface area (Å²) in [6.07, 6.45) is 2.47. The summed E-state index contributed by atoms with van der Waals surface area (Å²) in [5, 5.41) is 3.75. The lowest BCUT2D eigenvalue weighted by atomic mass is 10.4. The second-order valence-electron chi connectivity index (χ2n) is 3.56. The van der Waals surface area contributed by atoms with E-state index in [0.29, 0.717) is 12.4 Å². The number of rotatable bonds is 3. The second-order valence-corrected chi connectivity index (χ2v) is 3.56. The van der Waals surface area contributed by atoms with Gasteiger partial charge in [0.2, 0.25) is 5.78 Å². The SMILES string of the molecule is CC(=O)c1nc(CN2CCCC2)no1. The molecule has 1 saturated heterocycles. The van der Waals surface area contributed by atoms with Gasteiger partial charge in [0, 0.05) is 6.92 Å². The topological polar surface area (TPSA) is 59.2 Å². The van der Waals surface area contributed by atoms with Crippen LogP contribution < -0.4 is 0 Å². The fourth-order valence-corrected chi connectivity index (χ4v) is 1.60. The van der Waals surface area contributed by atoms with Crippen LogP contribution >= 0.6 is 0 Å². The van der Waals surface area contributed by atoms with Crippen molar-refractivity contribution in [3.8, 4) is 0 Å². The van der Waals surface area contributed by atoms with E-state index in [0.717, 1.165) is 13.1 Å². The largest absolute Gasteiger partial charge is 0.331 e. The lowest BCUT2D eigenvalue weighted by Gasteiger charge is -2.10. The van der Waals surface area contributed by atoms with Crippen molar-refractivity contribution < 1.29 is 9.32 Å². The van der Waals surface area contributed by atoms with Gasteiger partial charge in [0.15, 0.2) is 5.82 Å². The van der Waals surface area contributed by atoms with Crippen LogP contribution in [-0.2, 0) is 6.54 Å². The highest BCUT2D eigenvalue weighted by molar-refractivity contribution is 5.89. The maximum Gasteiger partial charge on any atom is 0.293 e. The molecule has 0 bridgehead atoms. The molecular weight excluding hydrogens is 182 g/mol. The van der Waals surface area contributed by atoms with E-state index in [4.69, 9.17) is 4.52 Å². The molecule has 5 heteroatoms. The van der Waals surface area contributed by atoms with Gasteiger partial charge in [0.1, 0.15) is 0 Å². The molecule has 76 valence electrons. The predicted octanol–water partition coefficient (Wildman–Crippen LogP) is 0.868. The second kappa shape index (κ2) is 3.88. The van der Waals surface area contributed by atoms with Gasteiger partial charge in [-0.05, 0) is 25.9 Å². The molecule has 1 aromatic heterocycles. The Labute approximate surface area is 82.1 Å². The molecule has 14 heavy (non-hydrogen) atoms. The number of likely N-dealkylation sites (tertiary alicyclic amines) is 1. The maximum absolute atomic E-state index is 10.9.